The molecule has 4 rings (SSSR count). The number of hydrogen-bond acceptors (Lipinski definition) is 8. The van der Waals surface area contributed by atoms with E-state index >= 15 is 0 Å². The molecule has 4 N–H and O–H groups in total. The van der Waals surface area contributed by atoms with E-state index < -0.39 is 6.09 Å². The van der Waals surface area contributed by atoms with Crippen LogP contribution in [-0.2, 0) is 0 Å². The first-order valence-electron chi connectivity index (χ1n) is 9.08. The Labute approximate surface area is 167 Å². The molecule has 0 bridgehead atoms. The van der Waals surface area contributed by atoms with Crippen molar-refractivity contribution in [2.75, 3.05) is 42.1 Å². The number of carboxylic acid groups (broad SMARTS) is 1. The number of anilines is 4. The molecule has 0 aromatic carbocycles. The molecule has 10 nitrogen and oxygen atoms in total. The molecule has 3 aromatic rings. The minimum Gasteiger partial charge on any atom is -0.465 e. The van der Waals surface area contributed by atoms with Gasteiger partial charge in [0.15, 0.2) is 0 Å². The van der Waals surface area contributed by atoms with Crippen LogP contribution in [0.4, 0.5) is 27.9 Å². The molecule has 1 aliphatic heterocycles. The molecule has 0 spiro atoms. The highest BCUT2D eigenvalue weighted by Crippen LogP contribution is 2.26. The molecule has 0 radical (unpaired) electrons. The van der Waals surface area contributed by atoms with Crippen molar-refractivity contribution >= 4 is 29.2 Å². The molecule has 148 valence electrons. The van der Waals surface area contributed by atoms with E-state index in [0.717, 1.165) is 11.4 Å². The number of amides is 1. The van der Waals surface area contributed by atoms with Crippen molar-refractivity contribution in [3.05, 3.63) is 49.1 Å². The fraction of sp³-hybridized carbons (Fsp3) is 0.211. The third-order valence-corrected chi connectivity index (χ3v) is 4.58. The van der Waals surface area contributed by atoms with Gasteiger partial charge in [0.25, 0.3) is 0 Å². The van der Waals surface area contributed by atoms with Crippen LogP contribution >= 0.6 is 0 Å². The lowest BCUT2D eigenvalue weighted by atomic mass is 10.1. The van der Waals surface area contributed by atoms with Gasteiger partial charge in [0.1, 0.15) is 17.5 Å². The van der Waals surface area contributed by atoms with Gasteiger partial charge in [-0.25, -0.2) is 19.7 Å². The zero-order valence-electron chi connectivity index (χ0n) is 15.6. The van der Waals surface area contributed by atoms with E-state index in [4.69, 9.17) is 10.8 Å². The van der Waals surface area contributed by atoms with E-state index in [1.54, 1.807) is 36.9 Å². The molecule has 3 aromatic heterocycles. The lowest BCUT2D eigenvalue weighted by molar-refractivity contribution is 0.142. The summed E-state index contributed by atoms with van der Waals surface area (Å²) in [5.41, 5.74) is 8.20. The van der Waals surface area contributed by atoms with Gasteiger partial charge in [-0.05, 0) is 18.2 Å². The molecular formula is C19H20N8O2. The second-order valence-electron chi connectivity index (χ2n) is 6.55. The number of nitrogens with one attached hydrogen (secondary N) is 1. The Bertz CT molecular complexity index is 1010. The molecule has 0 unspecified atom stereocenters. The van der Waals surface area contributed by atoms with Crippen molar-refractivity contribution in [1.82, 2.24) is 24.8 Å². The van der Waals surface area contributed by atoms with Crippen molar-refractivity contribution < 1.29 is 9.90 Å². The van der Waals surface area contributed by atoms with Gasteiger partial charge in [-0.1, -0.05) is 0 Å². The van der Waals surface area contributed by atoms with E-state index in [1.165, 1.54) is 4.90 Å². The predicted molar refractivity (Wildman–Crippen MR) is 109 cm³/mol. The average Bonchev–Trinajstić information content (AvgIpc) is 2.74. The summed E-state index contributed by atoms with van der Waals surface area (Å²) < 4.78 is 0. The van der Waals surface area contributed by atoms with Crippen molar-refractivity contribution in [2.24, 2.45) is 0 Å². The van der Waals surface area contributed by atoms with Crippen molar-refractivity contribution in [1.29, 1.82) is 0 Å². The van der Waals surface area contributed by atoms with Crippen LogP contribution in [0, 0.1) is 0 Å². The maximum Gasteiger partial charge on any atom is 0.407 e. The Morgan fingerprint density at radius 3 is 2.59 bits per heavy atom. The van der Waals surface area contributed by atoms with Gasteiger partial charge in [0, 0.05) is 62.1 Å². The van der Waals surface area contributed by atoms with E-state index in [1.807, 2.05) is 12.1 Å². The lowest BCUT2D eigenvalue weighted by Crippen LogP contribution is -2.48. The second-order valence-corrected chi connectivity index (χ2v) is 6.55. The van der Waals surface area contributed by atoms with Gasteiger partial charge in [-0.15, -0.1) is 0 Å². The number of piperazine rings is 1. The monoisotopic (exact) mass is 392 g/mol. The molecule has 1 aliphatic rings. The average molecular weight is 392 g/mol. The van der Waals surface area contributed by atoms with E-state index in [-0.39, 0.29) is 0 Å². The summed E-state index contributed by atoms with van der Waals surface area (Å²) in [6.07, 6.45) is 5.62. The SMILES string of the molecule is Nc1cc(Nc2cnccn2)nc(-c2ccnc(N3CCN(C(=O)O)CC3)c2)c1. The molecule has 1 amide bonds. The van der Waals surface area contributed by atoms with Crippen LogP contribution in [0.25, 0.3) is 11.3 Å². The van der Waals surface area contributed by atoms with Gasteiger partial charge in [-0.2, -0.15) is 0 Å². The fourth-order valence-corrected chi connectivity index (χ4v) is 3.14. The largest absolute Gasteiger partial charge is 0.465 e. The van der Waals surface area contributed by atoms with E-state index in [9.17, 15) is 4.79 Å². The third kappa shape index (κ3) is 4.32. The number of aromatic nitrogens is 4. The molecule has 4 heterocycles. The van der Waals surface area contributed by atoms with Gasteiger partial charge in [-0.3, -0.25) is 4.98 Å². The summed E-state index contributed by atoms with van der Waals surface area (Å²) in [4.78, 5) is 31.8. The number of nitrogens with two attached hydrogens (primary N) is 1. The first-order chi connectivity index (χ1) is 14.1. The van der Waals surface area contributed by atoms with Crippen molar-refractivity contribution in [3.63, 3.8) is 0 Å². The van der Waals surface area contributed by atoms with E-state index in [0.29, 0.717) is 49.2 Å². The first kappa shape index (κ1) is 18.4. The van der Waals surface area contributed by atoms with Crippen LogP contribution in [0.15, 0.2) is 49.1 Å². The van der Waals surface area contributed by atoms with Crippen LogP contribution in [0.5, 0.6) is 0 Å². The highest BCUT2D eigenvalue weighted by atomic mass is 16.4. The number of hydrogen-bond donors (Lipinski definition) is 3. The summed E-state index contributed by atoms with van der Waals surface area (Å²) in [7, 11) is 0. The third-order valence-electron chi connectivity index (χ3n) is 4.58. The normalized spacial score (nSPS) is 13.9. The maximum absolute atomic E-state index is 11.1. The Morgan fingerprint density at radius 2 is 1.86 bits per heavy atom. The lowest BCUT2D eigenvalue weighted by Gasteiger charge is -2.33. The molecular weight excluding hydrogens is 372 g/mol. The second kappa shape index (κ2) is 7.97. The molecule has 1 saturated heterocycles. The van der Waals surface area contributed by atoms with Crippen molar-refractivity contribution in [3.8, 4) is 11.3 Å². The molecule has 0 saturated carbocycles. The number of carbonyl (C=O) groups is 1. The van der Waals surface area contributed by atoms with Crippen LogP contribution < -0.4 is 16.0 Å². The molecule has 0 aliphatic carbocycles. The summed E-state index contributed by atoms with van der Waals surface area (Å²) >= 11 is 0. The number of pyridine rings is 2. The summed E-state index contributed by atoms with van der Waals surface area (Å²) in [6.45, 7) is 2.08. The first-order valence-corrected chi connectivity index (χ1v) is 9.08. The van der Waals surface area contributed by atoms with Crippen LogP contribution in [0.1, 0.15) is 0 Å². The Balaban J connectivity index is 1.56. The van der Waals surface area contributed by atoms with Crippen LogP contribution in [0.3, 0.4) is 0 Å². The summed E-state index contributed by atoms with van der Waals surface area (Å²) in [6, 6.07) is 7.32. The molecule has 0 atom stereocenters. The maximum atomic E-state index is 11.1. The van der Waals surface area contributed by atoms with Gasteiger partial charge < -0.3 is 26.0 Å². The van der Waals surface area contributed by atoms with Crippen molar-refractivity contribution in [2.45, 2.75) is 0 Å². The minimum absolute atomic E-state index is 0.448. The number of nitrogen functional groups attached to an aromatic ring is 1. The molecule has 29 heavy (non-hydrogen) atoms. The number of rotatable bonds is 4. The highest BCUT2D eigenvalue weighted by Gasteiger charge is 2.21. The highest BCUT2D eigenvalue weighted by molar-refractivity contribution is 5.70. The molecule has 10 heteroatoms. The molecule has 1 fully saturated rings. The Kier molecular flexibility index (Phi) is 5.06. The predicted octanol–water partition coefficient (Wildman–Crippen LogP) is 2.06. The van der Waals surface area contributed by atoms with Crippen LogP contribution in [0.2, 0.25) is 0 Å². The van der Waals surface area contributed by atoms with Gasteiger partial charge in [0.05, 0.1) is 11.9 Å². The van der Waals surface area contributed by atoms with Gasteiger partial charge >= 0.3 is 6.09 Å². The standard InChI is InChI=1S/C19H20N8O2/c20-14-10-15(24-16(11-14)25-17-12-21-3-4-22-17)13-1-2-23-18(9-13)26-5-7-27(8-6-26)19(28)29/h1-4,9-12H,5-8H2,(H,28,29)(H3,20,22,24,25). The summed E-state index contributed by atoms with van der Waals surface area (Å²) in [5, 5.41) is 12.2. The van der Waals surface area contributed by atoms with Gasteiger partial charge in [0.2, 0.25) is 0 Å². The zero-order valence-corrected chi connectivity index (χ0v) is 15.6. The fourth-order valence-electron chi connectivity index (χ4n) is 3.14. The van der Waals surface area contributed by atoms with E-state index in [2.05, 4.69) is 30.2 Å². The van der Waals surface area contributed by atoms with Crippen LogP contribution in [-0.4, -0.2) is 62.2 Å². The number of nitrogens with zero attached hydrogens (tertiary/aromatic N) is 6. The minimum atomic E-state index is -0.890. The Morgan fingerprint density at radius 1 is 1.03 bits per heavy atom. The quantitative estimate of drug-likeness (QED) is 0.610. The topological polar surface area (TPSA) is 133 Å². The smallest absolute Gasteiger partial charge is 0.407 e. The summed E-state index contributed by atoms with van der Waals surface area (Å²) in [5.74, 6) is 1.91. The zero-order chi connectivity index (χ0) is 20.2. The Hall–Kier alpha value is -3.95.